The van der Waals surface area contributed by atoms with Crippen molar-refractivity contribution in [2.75, 3.05) is 13.2 Å². The number of rotatable bonds is 6. The zero-order chi connectivity index (χ0) is 16.8. The van der Waals surface area contributed by atoms with Crippen LogP contribution in [0.2, 0.25) is 0 Å². The summed E-state index contributed by atoms with van der Waals surface area (Å²) >= 11 is 1.59. The van der Waals surface area contributed by atoms with E-state index in [1.54, 1.807) is 17.4 Å². The molecule has 122 valence electrons. The minimum absolute atomic E-state index is 0.134. The number of carbonyl (C=O) groups excluding carboxylic acids is 1. The Morgan fingerprint density at radius 2 is 2.12 bits per heavy atom. The molecule has 0 aromatic carbocycles. The van der Waals surface area contributed by atoms with E-state index in [1.165, 1.54) is 12.1 Å². The van der Waals surface area contributed by atoms with Crippen molar-refractivity contribution in [3.8, 4) is 16.5 Å². The summed E-state index contributed by atoms with van der Waals surface area (Å²) in [6, 6.07) is 10.1. The molecule has 3 heterocycles. The first-order chi connectivity index (χ1) is 11.7. The summed E-state index contributed by atoms with van der Waals surface area (Å²) in [5, 5.41) is 18.5. The van der Waals surface area contributed by atoms with Gasteiger partial charge in [-0.25, -0.2) is 5.10 Å². The van der Waals surface area contributed by atoms with Crippen LogP contribution in [0.4, 0.5) is 0 Å². The van der Waals surface area contributed by atoms with E-state index < -0.39 is 5.91 Å². The number of H-pyrrole nitrogens is 1. The molecule has 1 amide bonds. The molecule has 0 saturated carbocycles. The smallest absolute Gasteiger partial charge is 0.271 e. The van der Waals surface area contributed by atoms with Gasteiger partial charge in [-0.05, 0) is 23.6 Å². The first kappa shape index (κ1) is 15.8. The molecule has 0 unspecified atom stereocenters. The van der Waals surface area contributed by atoms with Crippen LogP contribution in [0.5, 0.6) is 5.88 Å². The Bertz CT molecular complexity index is 841. The molecule has 0 bridgehead atoms. The molecule has 0 atom stereocenters. The van der Waals surface area contributed by atoms with Crippen LogP contribution in [0.3, 0.4) is 0 Å². The monoisotopic (exact) mass is 343 g/mol. The fraction of sp³-hybridized carbons (Fsp3) is 0.133. The van der Waals surface area contributed by atoms with Crippen LogP contribution in [-0.2, 0) is 0 Å². The van der Waals surface area contributed by atoms with Gasteiger partial charge < -0.3 is 10.1 Å². The second-order valence-corrected chi connectivity index (χ2v) is 5.59. The lowest BCUT2D eigenvalue weighted by Crippen LogP contribution is -2.29. The lowest BCUT2D eigenvalue weighted by molar-refractivity contribution is 0.0940. The van der Waals surface area contributed by atoms with Crippen LogP contribution in [0.15, 0.2) is 46.6 Å². The van der Waals surface area contributed by atoms with Gasteiger partial charge in [0, 0.05) is 12.1 Å². The van der Waals surface area contributed by atoms with Gasteiger partial charge in [0.15, 0.2) is 0 Å². The minimum Gasteiger partial charge on any atom is -0.475 e. The predicted octanol–water partition coefficient (Wildman–Crippen LogP) is 1.10. The third kappa shape index (κ3) is 4.02. The topological polar surface area (TPSA) is 110 Å². The molecule has 0 aliphatic carbocycles. The number of carbonyl (C=O) groups is 1. The quantitative estimate of drug-likeness (QED) is 0.649. The van der Waals surface area contributed by atoms with Crippen LogP contribution < -0.4 is 15.6 Å². The van der Waals surface area contributed by atoms with Gasteiger partial charge in [-0.1, -0.05) is 6.07 Å². The third-order valence-electron chi connectivity index (χ3n) is 2.96. The fourth-order valence-corrected chi connectivity index (χ4v) is 2.52. The van der Waals surface area contributed by atoms with Gasteiger partial charge in [0.2, 0.25) is 5.88 Å². The summed E-state index contributed by atoms with van der Waals surface area (Å²) in [7, 11) is 0. The maximum absolute atomic E-state index is 11.8. The van der Waals surface area contributed by atoms with Crippen molar-refractivity contribution in [2.24, 2.45) is 0 Å². The molecule has 8 nitrogen and oxygen atoms in total. The molecule has 2 N–H and O–H groups in total. The van der Waals surface area contributed by atoms with Gasteiger partial charge in [0.1, 0.15) is 18.0 Å². The zero-order valence-corrected chi connectivity index (χ0v) is 13.2. The lowest BCUT2D eigenvalue weighted by Gasteiger charge is -2.06. The highest BCUT2D eigenvalue weighted by Crippen LogP contribution is 2.22. The molecule has 0 fully saturated rings. The number of hydrogen-bond donors (Lipinski definition) is 2. The lowest BCUT2D eigenvalue weighted by atomic mass is 10.3. The van der Waals surface area contributed by atoms with Gasteiger partial charge >= 0.3 is 0 Å². The summed E-state index contributed by atoms with van der Waals surface area (Å²) in [5.74, 6) is -0.0132. The van der Waals surface area contributed by atoms with E-state index in [1.807, 2.05) is 23.6 Å². The Labute approximate surface area is 140 Å². The summed E-state index contributed by atoms with van der Waals surface area (Å²) < 4.78 is 5.42. The number of ether oxygens (including phenoxy) is 1. The average Bonchev–Trinajstić information content (AvgIpc) is 3.14. The SMILES string of the molecule is O=C(NCCOc1ccc(-c2cccs2)nn1)c1ccc(=O)[nH]n1. The number of aromatic nitrogens is 4. The number of nitrogens with zero attached hydrogens (tertiary/aromatic N) is 3. The Hall–Kier alpha value is -3.07. The van der Waals surface area contributed by atoms with Crippen molar-refractivity contribution >= 4 is 17.2 Å². The molecule has 24 heavy (non-hydrogen) atoms. The summed E-state index contributed by atoms with van der Waals surface area (Å²) in [5.41, 5.74) is 0.559. The largest absolute Gasteiger partial charge is 0.475 e. The van der Waals surface area contributed by atoms with Crippen LogP contribution in [0, 0.1) is 0 Å². The molecule has 3 aromatic rings. The predicted molar refractivity (Wildman–Crippen MR) is 88.0 cm³/mol. The third-order valence-corrected chi connectivity index (χ3v) is 3.86. The fourth-order valence-electron chi connectivity index (χ4n) is 1.83. The number of hydrogen-bond acceptors (Lipinski definition) is 7. The normalized spacial score (nSPS) is 10.3. The molecule has 3 rings (SSSR count). The highest BCUT2D eigenvalue weighted by molar-refractivity contribution is 7.13. The van der Waals surface area contributed by atoms with Gasteiger partial charge in [-0.2, -0.15) is 5.10 Å². The number of amides is 1. The number of nitrogens with one attached hydrogen (secondary N) is 2. The van der Waals surface area contributed by atoms with Crippen LogP contribution in [0.1, 0.15) is 10.5 Å². The van der Waals surface area contributed by atoms with Crippen molar-refractivity contribution in [3.05, 3.63) is 57.8 Å². The van der Waals surface area contributed by atoms with E-state index in [0.717, 1.165) is 10.6 Å². The van der Waals surface area contributed by atoms with Gasteiger partial charge in [-0.3, -0.25) is 9.59 Å². The molecule has 0 aliphatic heterocycles. The number of aromatic amines is 1. The second kappa shape index (κ2) is 7.47. The van der Waals surface area contributed by atoms with E-state index >= 15 is 0 Å². The van der Waals surface area contributed by atoms with Gasteiger partial charge in [0.25, 0.3) is 11.5 Å². The zero-order valence-electron chi connectivity index (χ0n) is 12.4. The van der Waals surface area contributed by atoms with Crippen molar-refractivity contribution in [3.63, 3.8) is 0 Å². The standard InChI is InChI=1S/C15H13N5O3S/c21-13-5-3-11(18-19-13)15(22)16-7-8-23-14-6-4-10(17-20-14)12-2-1-9-24-12/h1-6,9H,7-8H2,(H,16,22)(H,19,21). The van der Waals surface area contributed by atoms with E-state index in [4.69, 9.17) is 4.74 Å². The number of thiophene rings is 1. The summed E-state index contributed by atoms with van der Waals surface area (Å²) in [4.78, 5) is 23.7. The average molecular weight is 343 g/mol. The highest BCUT2D eigenvalue weighted by Gasteiger charge is 2.07. The van der Waals surface area contributed by atoms with Crippen molar-refractivity contribution < 1.29 is 9.53 Å². The molecule has 9 heteroatoms. The first-order valence-corrected chi connectivity index (χ1v) is 7.95. The maximum atomic E-state index is 11.8. The molecule has 0 saturated heterocycles. The Balaban J connectivity index is 1.45. The second-order valence-electron chi connectivity index (χ2n) is 4.64. The molecule has 3 aromatic heterocycles. The molecule has 0 spiro atoms. The van der Waals surface area contributed by atoms with Crippen LogP contribution in [0.25, 0.3) is 10.6 Å². The van der Waals surface area contributed by atoms with Crippen molar-refractivity contribution in [1.82, 2.24) is 25.7 Å². The molecular weight excluding hydrogens is 330 g/mol. The van der Waals surface area contributed by atoms with Crippen LogP contribution >= 0.6 is 11.3 Å². The first-order valence-electron chi connectivity index (χ1n) is 7.07. The van der Waals surface area contributed by atoms with Gasteiger partial charge in [0.05, 0.1) is 11.4 Å². The van der Waals surface area contributed by atoms with E-state index in [-0.39, 0.29) is 24.4 Å². The molecular formula is C15H13N5O3S. The molecule has 0 radical (unpaired) electrons. The highest BCUT2D eigenvalue weighted by atomic mass is 32.1. The van der Waals surface area contributed by atoms with E-state index in [0.29, 0.717) is 5.88 Å². The van der Waals surface area contributed by atoms with Crippen molar-refractivity contribution in [2.45, 2.75) is 0 Å². The van der Waals surface area contributed by atoms with E-state index in [2.05, 4.69) is 25.7 Å². The van der Waals surface area contributed by atoms with Crippen LogP contribution in [-0.4, -0.2) is 39.5 Å². The van der Waals surface area contributed by atoms with Crippen molar-refractivity contribution in [1.29, 1.82) is 0 Å². The Morgan fingerprint density at radius 3 is 2.79 bits per heavy atom. The summed E-state index contributed by atoms with van der Waals surface area (Å²) in [6.45, 7) is 0.510. The van der Waals surface area contributed by atoms with Gasteiger partial charge in [-0.15, -0.1) is 21.5 Å². The Kier molecular flexibility index (Phi) is 4.92. The minimum atomic E-state index is -0.394. The summed E-state index contributed by atoms with van der Waals surface area (Å²) in [6.07, 6.45) is 0. The maximum Gasteiger partial charge on any atom is 0.271 e. The van der Waals surface area contributed by atoms with E-state index in [9.17, 15) is 9.59 Å². The molecule has 0 aliphatic rings. The Morgan fingerprint density at radius 1 is 1.21 bits per heavy atom.